The number of esters is 1. The lowest BCUT2D eigenvalue weighted by Crippen LogP contribution is -2.24. The predicted octanol–water partition coefficient (Wildman–Crippen LogP) is 3.16. The van der Waals surface area contributed by atoms with Crippen LogP contribution in [-0.2, 0) is 25.7 Å². The van der Waals surface area contributed by atoms with Gasteiger partial charge in [0.05, 0.1) is 29.9 Å². The number of carbonyl (C=O) groups is 3. The van der Waals surface area contributed by atoms with Crippen LogP contribution in [0.25, 0.3) is 0 Å². The highest BCUT2D eigenvalue weighted by molar-refractivity contribution is 6.35. The predicted molar refractivity (Wildman–Crippen MR) is 95.8 cm³/mol. The monoisotopic (exact) mass is 398 g/mol. The summed E-state index contributed by atoms with van der Waals surface area (Å²) in [7, 11) is 0. The lowest BCUT2D eigenvalue weighted by Gasteiger charge is -2.08. The van der Waals surface area contributed by atoms with Gasteiger partial charge in [-0.05, 0) is 30.3 Å². The minimum Gasteiger partial charge on any atom is -0.467 e. The Labute approximate surface area is 159 Å². The minimum absolute atomic E-state index is 0.0543. The topological polar surface area (TPSA) is 97.6 Å². The van der Waals surface area contributed by atoms with Gasteiger partial charge in [-0.25, -0.2) is 0 Å². The quantitative estimate of drug-likeness (QED) is 0.665. The average Bonchev–Trinajstić information content (AvgIpc) is 3.13. The molecule has 0 fully saturated rings. The average molecular weight is 399 g/mol. The van der Waals surface area contributed by atoms with Gasteiger partial charge in [-0.3, -0.25) is 14.4 Å². The van der Waals surface area contributed by atoms with E-state index in [1.165, 1.54) is 18.4 Å². The fourth-order valence-corrected chi connectivity index (χ4v) is 2.24. The van der Waals surface area contributed by atoms with E-state index in [2.05, 4.69) is 10.6 Å². The molecule has 2 N–H and O–H groups in total. The van der Waals surface area contributed by atoms with Gasteiger partial charge in [0.25, 0.3) is 5.91 Å². The van der Waals surface area contributed by atoms with E-state index in [9.17, 15) is 14.4 Å². The first-order chi connectivity index (χ1) is 12.4. The molecule has 2 amide bonds. The summed E-state index contributed by atoms with van der Waals surface area (Å²) in [6.45, 7) is -0.251. The molecular formula is C17H16Cl2N2O5. The van der Waals surface area contributed by atoms with Gasteiger partial charge >= 0.3 is 5.97 Å². The van der Waals surface area contributed by atoms with Crippen molar-refractivity contribution in [2.24, 2.45) is 0 Å². The van der Waals surface area contributed by atoms with Gasteiger partial charge in [0.2, 0.25) is 5.91 Å². The highest BCUT2D eigenvalue weighted by atomic mass is 35.5. The largest absolute Gasteiger partial charge is 0.467 e. The van der Waals surface area contributed by atoms with Gasteiger partial charge in [0.1, 0.15) is 5.76 Å². The van der Waals surface area contributed by atoms with E-state index >= 15 is 0 Å². The first-order valence-electron chi connectivity index (χ1n) is 7.63. The molecule has 0 aliphatic heterocycles. The van der Waals surface area contributed by atoms with Gasteiger partial charge in [0, 0.05) is 11.4 Å². The Morgan fingerprint density at radius 2 is 1.88 bits per heavy atom. The highest BCUT2D eigenvalue weighted by Crippen LogP contribution is 2.25. The summed E-state index contributed by atoms with van der Waals surface area (Å²) in [5, 5.41) is 5.80. The van der Waals surface area contributed by atoms with Crippen LogP contribution in [0.1, 0.15) is 18.6 Å². The van der Waals surface area contributed by atoms with Crippen molar-refractivity contribution in [3.8, 4) is 0 Å². The van der Waals surface area contributed by atoms with E-state index in [4.69, 9.17) is 32.4 Å². The Morgan fingerprint density at radius 3 is 2.62 bits per heavy atom. The molecule has 1 heterocycles. The lowest BCUT2D eigenvalue weighted by molar-refractivity contribution is -0.148. The Bertz CT molecular complexity index is 777. The number of ether oxygens (including phenoxy) is 1. The Kier molecular flexibility index (Phi) is 7.50. The first kappa shape index (κ1) is 19.8. The van der Waals surface area contributed by atoms with Crippen molar-refractivity contribution in [2.75, 3.05) is 11.9 Å². The summed E-state index contributed by atoms with van der Waals surface area (Å²) < 4.78 is 9.89. The van der Waals surface area contributed by atoms with E-state index in [1.54, 1.807) is 18.2 Å². The molecule has 0 spiro atoms. The van der Waals surface area contributed by atoms with Crippen LogP contribution in [0, 0.1) is 0 Å². The van der Waals surface area contributed by atoms with Gasteiger partial charge in [0.15, 0.2) is 6.61 Å². The molecule has 0 unspecified atom stereocenters. The smallest absolute Gasteiger partial charge is 0.306 e. The van der Waals surface area contributed by atoms with E-state index in [0.717, 1.165) is 0 Å². The summed E-state index contributed by atoms with van der Waals surface area (Å²) in [6.07, 6.45) is 1.30. The van der Waals surface area contributed by atoms with Crippen LogP contribution in [0.4, 0.5) is 5.69 Å². The second-order valence-corrected chi connectivity index (χ2v) is 6.03. The molecule has 138 valence electrons. The van der Waals surface area contributed by atoms with Gasteiger partial charge in [-0.2, -0.15) is 0 Å². The normalized spacial score (nSPS) is 10.2. The number of rotatable bonds is 8. The van der Waals surface area contributed by atoms with Crippen molar-refractivity contribution in [3.63, 3.8) is 0 Å². The SMILES string of the molecule is O=C(CCC(=O)OCC(=O)Nc1cc(Cl)ccc1Cl)NCc1ccco1. The third-order valence-corrected chi connectivity index (χ3v) is 3.73. The molecular weight excluding hydrogens is 383 g/mol. The number of anilines is 1. The zero-order valence-electron chi connectivity index (χ0n) is 13.6. The van der Waals surface area contributed by atoms with Crippen molar-refractivity contribution >= 4 is 46.7 Å². The molecule has 7 nitrogen and oxygen atoms in total. The molecule has 1 aromatic heterocycles. The number of benzene rings is 1. The second kappa shape index (κ2) is 9.84. The van der Waals surface area contributed by atoms with Crippen LogP contribution in [0.5, 0.6) is 0 Å². The van der Waals surface area contributed by atoms with E-state index in [0.29, 0.717) is 21.5 Å². The van der Waals surface area contributed by atoms with Crippen LogP contribution in [-0.4, -0.2) is 24.4 Å². The van der Waals surface area contributed by atoms with E-state index in [-0.39, 0.29) is 25.3 Å². The van der Waals surface area contributed by atoms with E-state index in [1.807, 2.05) is 0 Å². The third kappa shape index (κ3) is 6.78. The maximum Gasteiger partial charge on any atom is 0.306 e. The number of hydrogen-bond acceptors (Lipinski definition) is 5. The number of halogens is 2. The molecule has 26 heavy (non-hydrogen) atoms. The summed E-state index contributed by atoms with van der Waals surface area (Å²) in [5.41, 5.74) is 0.317. The number of nitrogens with one attached hydrogen (secondary N) is 2. The molecule has 1 aromatic carbocycles. The Balaban J connectivity index is 1.65. The van der Waals surface area contributed by atoms with E-state index < -0.39 is 18.5 Å². The fraction of sp³-hybridized carbons (Fsp3) is 0.235. The van der Waals surface area contributed by atoms with Crippen LogP contribution in [0.15, 0.2) is 41.0 Å². The number of amides is 2. The summed E-state index contributed by atoms with van der Waals surface area (Å²) >= 11 is 11.7. The van der Waals surface area contributed by atoms with Gasteiger partial charge in [-0.1, -0.05) is 23.2 Å². The zero-order chi connectivity index (χ0) is 18.9. The first-order valence-corrected chi connectivity index (χ1v) is 8.39. The van der Waals surface area contributed by atoms with Gasteiger partial charge < -0.3 is 19.8 Å². The zero-order valence-corrected chi connectivity index (χ0v) is 15.1. The van der Waals surface area contributed by atoms with Crippen LogP contribution in [0.2, 0.25) is 10.0 Å². The maximum atomic E-state index is 11.8. The summed E-state index contributed by atoms with van der Waals surface area (Å²) in [6, 6.07) is 8.02. The molecule has 2 aromatic rings. The third-order valence-electron chi connectivity index (χ3n) is 3.16. The molecule has 0 saturated carbocycles. The highest BCUT2D eigenvalue weighted by Gasteiger charge is 2.12. The standard InChI is InChI=1S/C17H16Cl2N2O5/c18-11-3-4-13(19)14(8-11)21-16(23)10-26-17(24)6-5-15(22)20-9-12-2-1-7-25-12/h1-4,7-8H,5-6,9-10H2,(H,20,22)(H,21,23). The Hall–Kier alpha value is -2.51. The lowest BCUT2D eigenvalue weighted by atomic mass is 10.3. The minimum atomic E-state index is -0.662. The number of hydrogen-bond donors (Lipinski definition) is 2. The number of furan rings is 1. The Morgan fingerprint density at radius 1 is 1.08 bits per heavy atom. The van der Waals surface area contributed by atoms with Crippen molar-refractivity contribution < 1.29 is 23.5 Å². The summed E-state index contributed by atoms with van der Waals surface area (Å²) in [4.78, 5) is 35.0. The maximum absolute atomic E-state index is 11.8. The van der Waals surface area contributed by atoms with Crippen LogP contribution < -0.4 is 10.6 Å². The number of carbonyl (C=O) groups excluding carboxylic acids is 3. The second-order valence-electron chi connectivity index (χ2n) is 5.19. The van der Waals surface area contributed by atoms with Gasteiger partial charge in [-0.15, -0.1) is 0 Å². The van der Waals surface area contributed by atoms with Crippen molar-refractivity contribution in [1.29, 1.82) is 0 Å². The molecule has 9 heteroatoms. The fourth-order valence-electron chi connectivity index (χ4n) is 1.90. The van der Waals surface area contributed by atoms with Crippen molar-refractivity contribution in [2.45, 2.75) is 19.4 Å². The molecule has 0 aliphatic rings. The molecule has 0 saturated heterocycles. The molecule has 2 rings (SSSR count). The van der Waals surface area contributed by atoms with Crippen molar-refractivity contribution in [1.82, 2.24) is 5.32 Å². The molecule has 0 radical (unpaired) electrons. The van der Waals surface area contributed by atoms with Crippen LogP contribution in [0.3, 0.4) is 0 Å². The van der Waals surface area contributed by atoms with Crippen molar-refractivity contribution in [3.05, 3.63) is 52.4 Å². The summed E-state index contributed by atoms with van der Waals surface area (Å²) in [5.74, 6) is -0.943. The molecule has 0 bridgehead atoms. The molecule has 0 aliphatic carbocycles. The molecule has 0 atom stereocenters. The van der Waals surface area contributed by atoms with Crippen LogP contribution >= 0.6 is 23.2 Å².